The number of carbonyl (C=O) groups is 3. The van der Waals surface area contributed by atoms with Crippen LogP contribution in [0.3, 0.4) is 0 Å². The van der Waals surface area contributed by atoms with Crippen molar-refractivity contribution in [2.24, 2.45) is 11.5 Å². The summed E-state index contributed by atoms with van der Waals surface area (Å²) in [6, 6.07) is 0. The summed E-state index contributed by atoms with van der Waals surface area (Å²) >= 11 is 0. The number of allylic oxidation sites excluding steroid dienone is 5. The Bertz CT molecular complexity index is 611. The number of carboxylic acids is 1. The first-order valence-electron chi connectivity index (χ1n) is 10.7. The van der Waals surface area contributed by atoms with Crippen molar-refractivity contribution in [2.45, 2.75) is 89.2 Å². The number of rotatable bonds is 18. The van der Waals surface area contributed by atoms with Crippen LogP contribution in [0.2, 0.25) is 0 Å². The van der Waals surface area contributed by atoms with Crippen molar-refractivity contribution in [3.8, 4) is 0 Å². The Labute approximate surface area is 179 Å². The van der Waals surface area contributed by atoms with E-state index < -0.39 is 29.3 Å². The third-order valence-electron chi connectivity index (χ3n) is 4.71. The summed E-state index contributed by atoms with van der Waals surface area (Å²) in [6.45, 7) is 1.72. The van der Waals surface area contributed by atoms with Gasteiger partial charge in [0.05, 0.1) is 6.10 Å². The number of ketones is 1. The van der Waals surface area contributed by atoms with Gasteiger partial charge in [-0.25, -0.2) is 4.79 Å². The van der Waals surface area contributed by atoms with Crippen LogP contribution in [0.5, 0.6) is 0 Å². The van der Waals surface area contributed by atoms with Crippen LogP contribution in [-0.4, -0.2) is 39.5 Å². The molecule has 7 heteroatoms. The number of hydrogen-bond donors (Lipinski definition) is 4. The van der Waals surface area contributed by atoms with Gasteiger partial charge < -0.3 is 21.7 Å². The second-order valence-electron chi connectivity index (χ2n) is 7.56. The molecule has 7 nitrogen and oxygen atoms in total. The van der Waals surface area contributed by atoms with Crippen molar-refractivity contribution in [3.05, 3.63) is 36.5 Å². The molecule has 170 valence electrons. The van der Waals surface area contributed by atoms with E-state index in [9.17, 15) is 19.5 Å². The molecule has 0 bridgehead atoms. The fourth-order valence-corrected chi connectivity index (χ4v) is 2.83. The SMILES string of the molecule is CC(O)/C=C/C/C=C/C/C=C/CCCCCCCC(=O)[C@@](N)(CCC(N)=O)C(=O)O. The number of carbonyl (C=O) groups excluding carboxylic acids is 2. The van der Waals surface area contributed by atoms with Gasteiger partial charge in [0.25, 0.3) is 0 Å². The molecule has 1 unspecified atom stereocenters. The Morgan fingerprint density at radius 1 is 0.900 bits per heavy atom. The Morgan fingerprint density at radius 3 is 2.07 bits per heavy atom. The zero-order valence-electron chi connectivity index (χ0n) is 18.1. The van der Waals surface area contributed by atoms with Crippen LogP contribution in [0.25, 0.3) is 0 Å². The first-order valence-corrected chi connectivity index (χ1v) is 10.7. The molecule has 0 heterocycles. The lowest BCUT2D eigenvalue weighted by atomic mass is 9.87. The minimum absolute atomic E-state index is 0.0974. The number of Topliss-reactive ketones (excluding diaryl/α,β-unsaturated/α-hetero) is 1. The first-order chi connectivity index (χ1) is 14.2. The molecule has 1 amide bonds. The summed E-state index contributed by atoms with van der Waals surface area (Å²) in [5.74, 6) is -2.63. The monoisotopic (exact) mass is 422 g/mol. The van der Waals surface area contributed by atoms with Crippen LogP contribution in [0.15, 0.2) is 36.5 Å². The second kappa shape index (κ2) is 16.5. The molecule has 0 rings (SSSR count). The highest BCUT2D eigenvalue weighted by Gasteiger charge is 2.41. The van der Waals surface area contributed by atoms with E-state index in [2.05, 4.69) is 24.3 Å². The first kappa shape index (κ1) is 27.8. The number of aliphatic hydroxyl groups excluding tert-OH is 1. The van der Waals surface area contributed by atoms with E-state index >= 15 is 0 Å². The normalized spacial score (nSPS) is 15.0. The van der Waals surface area contributed by atoms with Crippen molar-refractivity contribution < 1.29 is 24.6 Å². The van der Waals surface area contributed by atoms with Crippen LogP contribution >= 0.6 is 0 Å². The van der Waals surface area contributed by atoms with Gasteiger partial charge in [-0.1, -0.05) is 55.7 Å². The predicted octanol–water partition coefficient (Wildman–Crippen LogP) is 3.16. The molecule has 0 aromatic carbocycles. The highest BCUT2D eigenvalue weighted by molar-refractivity contribution is 6.07. The summed E-state index contributed by atoms with van der Waals surface area (Å²) in [5.41, 5.74) is 8.71. The smallest absolute Gasteiger partial charge is 0.331 e. The van der Waals surface area contributed by atoms with E-state index in [1.165, 1.54) is 0 Å². The average Bonchev–Trinajstić information content (AvgIpc) is 2.68. The summed E-state index contributed by atoms with van der Waals surface area (Å²) in [5, 5.41) is 18.3. The molecule has 2 atom stereocenters. The molecule has 0 saturated heterocycles. The van der Waals surface area contributed by atoms with Crippen LogP contribution < -0.4 is 11.5 Å². The highest BCUT2D eigenvalue weighted by Crippen LogP contribution is 2.17. The molecule has 0 aliphatic rings. The van der Waals surface area contributed by atoms with Crippen LogP contribution in [0.4, 0.5) is 0 Å². The van der Waals surface area contributed by atoms with Crippen LogP contribution in [-0.2, 0) is 14.4 Å². The average molecular weight is 423 g/mol. The molecular weight excluding hydrogens is 384 g/mol. The minimum Gasteiger partial charge on any atom is -0.480 e. The van der Waals surface area contributed by atoms with Gasteiger partial charge in [0.1, 0.15) is 0 Å². The zero-order valence-corrected chi connectivity index (χ0v) is 18.1. The van der Waals surface area contributed by atoms with Gasteiger partial charge in [-0.15, -0.1) is 0 Å². The number of hydrogen-bond acceptors (Lipinski definition) is 5. The van der Waals surface area contributed by atoms with Crippen molar-refractivity contribution in [3.63, 3.8) is 0 Å². The van der Waals surface area contributed by atoms with E-state index in [4.69, 9.17) is 16.6 Å². The van der Waals surface area contributed by atoms with Gasteiger partial charge in [-0.3, -0.25) is 9.59 Å². The predicted molar refractivity (Wildman–Crippen MR) is 119 cm³/mol. The molecule has 0 aliphatic carbocycles. The molecule has 0 spiro atoms. The number of primary amides is 1. The van der Waals surface area contributed by atoms with E-state index in [1.807, 2.05) is 6.08 Å². The van der Waals surface area contributed by atoms with E-state index in [-0.39, 0.29) is 19.3 Å². The fraction of sp³-hybridized carbons (Fsp3) is 0.609. The lowest BCUT2D eigenvalue weighted by Crippen LogP contribution is -2.55. The molecule has 0 fully saturated rings. The van der Waals surface area contributed by atoms with Crippen molar-refractivity contribution in [2.75, 3.05) is 0 Å². The third kappa shape index (κ3) is 13.8. The minimum atomic E-state index is -2.03. The van der Waals surface area contributed by atoms with Crippen LogP contribution in [0.1, 0.15) is 77.6 Å². The lowest BCUT2D eigenvalue weighted by molar-refractivity contribution is -0.148. The van der Waals surface area contributed by atoms with Gasteiger partial charge in [-0.2, -0.15) is 0 Å². The Morgan fingerprint density at radius 2 is 1.47 bits per heavy atom. The number of carboxylic acid groups (broad SMARTS) is 1. The molecule has 6 N–H and O–H groups in total. The van der Waals surface area contributed by atoms with Crippen molar-refractivity contribution in [1.82, 2.24) is 0 Å². The largest absolute Gasteiger partial charge is 0.480 e. The van der Waals surface area contributed by atoms with Gasteiger partial charge in [-0.05, 0) is 45.4 Å². The van der Waals surface area contributed by atoms with Gasteiger partial charge in [0, 0.05) is 12.8 Å². The fourth-order valence-electron chi connectivity index (χ4n) is 2.83. The summed E-state index contributed by atoms with van der Waals surface area (Å²) in [6.07, 6.45) is 18.6. The molecular formula is C23H38N2O5. The van der Waals surface area contributed by atoms with Gasteiger partial charge >= 0.3 is 5.97 Å². The third-order valence-corrected chi connectivity index (χ3v) is 4.71. The number of aliphatic hydroxyl groups is 1. The molecule has 0 aromatic rings. The summed E-state index contributed by atoms with van der Waals surface area (Å²) < 4.78 is 0. The van der Waals surface area contributed by atoms with Gasteiger partial charge in [0.2, 0.25) is 5.91 Å². The summed E-state index contributed by atoms with van der Waals surface area (Å²) in [4.78, 5) is 34.4. The molecule has 0 radical (unpaired) electrons. The maximum absolute atomic E-state index is 12.2. The van der Waals surface area contributed by atoms with E-state index in [1.54, 1.807) is 13.0 Å². The molecule has 0 aliphatic heterocycles. The molecule has 30 heavy (non-hydrogen) atoms. The van der Waals surface area contributed by atoms with Crippen molar-refractivity contribution >= 4 is 17.7 Å². The molecule has 0 aromatic heterocycles. The number of nitrogens with two attached hydrogens (primary N) is 2. The topological polar surface area (TPSA) is 144 Å². The number of aliphatic carboxylic acids is 1. The summed E-state index contributed by atoms with van der Waals surface area (Å²) in [7, 11) is 0. The van der Waals surface area contributed by atoms with E-state index in [0.717, 1.165) is 44.9 Å². The number of unbranched alkanes of at least 4 members (excludes halogenated alkanes) is 5. The lowest BCUT2D eigenvalue weighted by Gasteiger charge is -2.22. The molecule has 0 saturated carbocycles. The zero-order chi connectivity index (χ0) is 22.8. The quantitative estimate of drug-likeness (QED) is 0.152. The van der Waals surface area contributed by atoms with Crippen LogP contribution in [0, 0.1) is 0 Å². The van der Waals surface area contributed by atoms with Crippen molar-refractivity contribution in [1.29, 1.82) is 0 Å². The Kier molecular flexibility index (Phi) is 15.3. The standard InChI is InChI=1S/C23H38N2O5/c1-19(26)15-13-11-9-7-5-3-2-4-6-8-10-12-14-16-20(27)23(25,22(29)30)18-17-21(24)28/h2-3,7,9,13,15,19,26H,4-6,8,10-12,14,16-18,25H2,1H3,(H2,24,28)(H,29,30)/b3-2+,9-7+,15-13+/t19?,23-/m0/s1. The maximum Gasteiger partial charge on any atom is 0.331 e. The maximum atomic E-state index is 12.2. The Balaban J connectivity index is 3.83. The van der Waals surface area contributed by atoms with Gasteiger partial charge in [0.15, 0.2) is 11.3 Å². The van der Waals surface area contributed by atoms with E-state index in [0.29, 0.717) is 6.42 Å². The highest BCUT2D eigenvalue weighted by atomic mass is 16.4. The number of amides is 1. The Hall–Kier alpha value is -2.25. The second-order valence-corrected chi connectivity index (χ2v) is 7.56.